The van der Waals surface area contributed by atoms with E-state index in [4.69, 9.17) is 10.5 Å². The second-order valence-electron chi connectivity index (χ2n) is 3.71. The normalized spacial score (nSPS) is 10.8. The molecule has 2 aromatic rings. The van der Waals surface area contributed by atoms with Crippen molar-refractivity contribution in [1.82, 2.24) is 15.0 Å². The van der Waals surface area contributed by atoms with Crippen molar-refractivity contribution in [2.45, 2.75) is 6.92 Å². The molecule has 5 nitrogen and oxygen atoms in total. The van der Waals surface area contributed by atoms with Crippen LogP contribution < -0.4 is 10.5 Å². The molecule has 92 valence electrons. The molecular formula is C13H14N4O. The van der Waals surface area contributed by atoms with E-state index in [1.165, 1.54) is 0 Å². The molecule has 1 heterocycles. The van der Waals surface area contributed by atoms with Gasteiger partial charge in [0, 0.05) is 0 Å². The summed E-state index contributed by atoms with van der Waals surface area (Å²) in [6.07, 6.45) is 3.71. The summed E-state index contributed by atoms with van der Waals surface area (Å²) in [7, 11) is 1.64. The summed E-state index contributed by atoms with van der Waals surface area (Å²) in [6, 6.07) is 7.69. The Morgan fingerprint density at radius 1 is 1.06 bits per heavy atom. The van der Waals surface area contributed by atoms with Gasteiger partial charge in [-0.05, 0) is 30.7 Å². The number of aryl methyl sites for hydroxylation is 1. The summed E-state index contributed by atoms with van der Waals surface area (Å²) >= 11 is 0. The maximum absolute atomic E-state index is 5.55. The van der Waals surface area contributed by atoms with Crippen LogP contribution in [-0.2, 0) is 0 Å². The van der Waals surface area contributed by atoms with Crippen LogP contribution in [0.25, 0.3) is 12.2 Å². The van der Waals surface area contributed by atoms with Crippen LogP contribution in [0.15, 0.2) is 24.3 Å². The zero-order chi connectivity index (χ0) is 13.0. The fourth-order valence-electron chi connectivity index (χ4n) is 1.48. The third-order valence-electron chi connectivity index (χ3n) is 2.32. The summed E-state index contributed by atoms with van der Waals surface area (Å²) in [6.45, 7) is 1.78. The quantitative estimate of drug-likeness (QED) is 0.890. The van der Waals surface area contributed by atoms with Crippen molar-refractivity contribution >= 4 is 18.1 Å². The smallest absolute Gasteiger partial charge is 0.223 e. The number of nitrogens with zero attached hydrogens (tertiary/aromatic N) is 3. The van der Waals surface area contributed by atoms with Crippen LogP contribution in [0, 0.1) is 6.92 Å². The third kappa shape index (κ3) is 3.04. The number of nitrogens with two attached hydrogens (primary N) is 1. The van der Waals surface area contributed by atoms with Gasteiger partial charge in [-0.2, -0.15) is 9.97 Å². The van der Waals surface area contributed by atoms with Gasteiger partial charge in [0.2, 0.25) is 5.95 Å². The third-order valence-corrected chi connectivity index (χ3v) is 2.32. The lowest BCUT2D eigenvalue weighted by Gasteiger charge is -1.99. The number of anilines is 1. The van der Waals surface area contributed by atoms with Crippen molar-refractivity contribution in [2.75, 3.05) is 12.8 Å². The highest BCUT2D eigenvalue weighted by atomic mass is 16.5. The van der Waals surface area contributed by atoms with Gasteiger partial charge in [0.25, 0.3) is 0 Å². The van der Waals surface area contributed by atoms with E-state index in [0.717, 1.165) is 11.3 Å². The molecule has 0 fully saturated rings. The molecule has 0 aliphatic rings. The van der Waals surface area contributed by atoms with Crippen molar-refractivity contribution in [3.8, 4) is 5.75 Å². The first kappa shape index (κ1) is 12.0. The van der Waals surface area contributed by atoms with Crippen LogP contribution in [0.3, 0.4) is 0 Å². The van der Waals surface area contributed by atoms with Crippen molar-refractivity contribution in [1.29, 1.82) is 0 Å². The molecule has 0 aliphatic carbocycles. The molecule has 5 heteroatoms. The van der Waals surface area contributed by atoms with Crippen molar-refractivity contribution in [3.63, 3.8) is 0 Å². The summed E-state index contributed by atoms with van der Waals surface area (Å²) in [5.41, 5.74) is 6.59. The van der Waals surface area contributed by atoms with Crippen molar-refractivity contribution in [3.05, 3.63) is 41.5 Å². The molecular weight excluding hydrogens is 228 g/mol. The predicted molar refractivity (Wildman–Crippen MR) is 70.9 cm³/mol. The van der Waals surface area contributed by atoms with Gasteiger partial charge in [0.15, 0.2) is 5.82 Å². The van der Waals surface area contributed by atoms with Crippen LogP contribution in [0.2, 0.25) is 0 Å². The highest BCUT2D eigenvalue weighted by molar-refractivity contribution is 5.67. The molecule has 2 rings (SSSR count). The number of nitrogen functional groups attached to an aromatic ring is 1. The van der Waals surface area contributed by atoms with Crippen molar-refractivity contribution in [2.24, 2.45) is 0 Å². The first-order chi connectivity index (χ1) is 8.67. The number of aromatic nitrogens is 3. The second kappa shape index (κ2) is 5.27. The average Bonchev–Trinajstić information content (AvgIpc) is 2.36. The van der Waals surface area contributed by atoms with E-state index in [9.17, 15) is 0 Å². The maximum atomic E-state index is 5.55. The highest BCUT2D eigenvalue weighted by Gasteiger charge is 1.97. The number of benzene rings is 1. The molecule has 0 amide bonds. The van der Waals surface area contributed by atoms with Crippen LogP contribution in [0.4, 0.5) is 5.95 Å². The van der Waals surface area contributed by atoms with E-state index in [-0.39, 0.29) is 5.95 Å². The molecule has 0 aliphatic heterocycles. The van der Waals surface area contributed by atoms with Gasteiger partial charge in [-0.3, -0.25) is 0 Å². The van der Waals surface area contributed by atoms with E-state index >= 15 is 0 Å². The molecule has 2 N–H and O–H groups in total. The molecule has 0 radical (unpaired) electrons. The number of ether oxygens (including phenoxy) is 1. The number of rotatable bonds is 3. The molecule has 0 unspecified atom stereocenters. The second-order valence-corrected chi connectivity index (χ2v) is 3.71. The van der Waals surface area contributed by atoms with Crippen LogP contribution in [0.1, 0.15) is 17.2 Å². The highest BCUT2D eigenvalue weighted by Crippen LogP contribution is 2.13. The summed E-state index contributed by atoms with van der Waals surface area (Å²) in [5.74, 6) is 2.22. The van der Waals surface area contributed by atoms with Gasteiger partial charge in [0.05, 0.1) is 7.11 Å². The van der Waals surface area contributed by atoms with Gasteiger partial charge >= 0.3 is 0 Å². The van der Waals surface area contributed by atoms with E-state index in [1.54, 1.807) is 20.1 Å². The van der Waals surface area contributed by atoms with Crippen LogP contribution in [-0.4, -0.2) is 22.1 Å². The minimum Gasteiger partial charge on any atom is -0.497 e. The lowest BCUT2D eigenvalue weighted by atomic mass is 10.2. The minimum atomic E-state index is 0.233. The van der Waals surface area contributed by atoms with Gasteiger partial charge < -0.3 is 10.5 Å². The van der Waals surface area contributed by atoms with E-state index < -0.39 is 0 Å². The Morgan fingerprint density at radius 2 is 1.78 bits per heavy atom. The minimum absolute atomic E-state index is 0.233. The predicted octanol–water partition coefficient (Wildman–Crippen LogP) is 1.94. The topological polar surface area (TPSA) is 73.9 Å². The first-order valence-electron chi connectivity index (χ1n) is 5.47. The van der Waals surface area contributed by atoms with Gasteiger partial charge in [0.1, 0.15) is 11.6 Å². The van der Waals surface area contributed by atoms with Gasteiger partial charge in [-0.15, -0.1) is 0 Å². The molecule has 0 spiro atoms. The van der Waals surface area contributed by atoms with E-state index in [2.05, 4.69) is 15.0 Å². The molecule has 0 atom stereocenters. The molecule has 0 saturated heterocycles. The monoisotopic (exact) mass is 242 g/mol. The molecule has 0 saturated carbocycles. The molecule has 0 bridgehead atoms. The maximum Gasteiger partial charge on any atom is 0.223 e. The fourth-order valence-corrected chi connectivity index (χ4v) is 1.48. The standard InChI is InChI=1S/C13H14N4O/c1-9-15-12(17-13(14)16-9)8-5-10-3-6-11(18-2)7-4-10/h3-8H,1-2H3,(H2,14,15,16,17). The van der Waals surface area contributed by atoms with Crippen molar-refractivity contribution < 1.29 is 4.74 Å². The van der Waals surface area contributed by atoms with E-state index in [0.29, 0.717) is 11.6 Å². The Morgan fingerprint density at radius 3 is 2.39 bits per heavy atom. The Kier molecular flexibility index (Phi) is 3.52. The van der Waals surface area contributed by atoms with Crippen LogP contribution >= 0.6 is 0 Å². The first-order valence-corrected chi connectivity index (χ1v) is 5.47. The fraction of sp³-hybridized carbons (Fsp3) is 0.154. The molecule has 18 heavy (non-hydrogen) atoms. The SMILES string of the molecule is COc1ccc(C=Cc2nc(C)nc(N)n2)cc1. The lowest BCUT2D eigenvalue weighted by molar-refractivity contribution is 0.415. The Labute approximate surface area is 105 Å². The summed E-state index contributed by atoms with van der Waals surface area (Å²) in [5, 5.41) is 0. The zero-order valence-electron chi connectivity index (χ0n) is 10.3. The Bertz CT molecular complexity index is 543. The summed E-state index contributed by atoms with van der Waals surface area (Å²) < 4.78 is 5.09. The number of methoxy groups -OCH3 is 1. The van der Waals surface area contributed by atoms with Gasteiger partial charge in [-0.1, -0.05) is 18.2 Å². The zero-order valence-corrected chi connectivity index (χ0v) is 10.3. The largest absolute Gasteiger partial charge is 0.497 e. The number of hydrogen-bond acceptors (Lipinski definition) is 5. The Balaban J connectivity index is 2.18. The average molecular weight is 242 g/mol. The van der Waals surface area contributed by atoms with Gasteiger partial charge in [-0.25, -0.2) is 4.98 Å². The number of hydrogen-bond donors (Lipinski definition) is 1. The van der Waals surface area contributed by atoms with E-state index in [1.807, 2.05) is 30.3 Å². The summed E-state index contributed by atoms with van der Waals surface area (Å²) in [4.78, 5) is 12.1. The lowest BCUT2D eigenvalue weighted by Crippen LogP contribution is -2.01. The molecule has 1 aromatic heterocycles. The van der Waals surface area contributed by atoms with Crippen LogP contribution in [0.5, 0.6) is 5.75 Å². The molecule has 1 aromatic carbocycles. The Hall–Kier alpha value is -2.43.